The molecule has 9 heavy (non-hydrogen) atoms. The molecule has 0 aliphatic heterocycles. The number of carbonyl (C=O) groups is 2. The number of Topliss-reactive ketones (excluding diaryl/α,β-unsaturated/α-hetero) is 1. The standard InChI is InChI=1S/C6H9O3/c1-2-5(7)3-4-6(8)9/h2-4H2,1H3. The van der Waals surface area contributed by atoms with Crippen molar-refractivity contribution >= 4 is 11.8 Å². The summed E-state index contributed by atoms with van der Waals surface area (Å²) in [5.41, 5.74) is 0. The fraction of sp³-hybridized carbons (Fsp3) is 0.667. The molecule has 51 valence electrons. The van der Waals surface area contributed by atoms with Crippen LogP contribution in [0.5, 0.6) is 0 Å². The molecule has 0 unspecified atom stereocenters. The Kier molecular flexibility index (Phi) is 3.67. The Morgan fingerprint density at radius 3 is 2.11 bits per heavy atom. The number of ketones is 1. The van der Waals surface area contributed by atoms with Crippen molar-refractivity contribution in [2.24, 2.45) is 0 Å². The highest BCUT2D eigenvalue weighted by Gasteiger charge is 2.03. The molecule has 0 rings (SSSR count). The van der Waals surface area contributed by atoms with Crippen molar-refractivity contribution in [2.75, 3.05) is 0 Å². The van der Waals surface area contributed by atoms with E-state index in [1.165, 1.54) is 0 Å². The first-order chi connectivity index (χ1) is 4.16. The molecular formula is C6H9O3. The summed E-state index contributed by atoms with van der Waals surface area (Å²) in [5.74, 6) is -1.18. The van der Waals surface area contributed by atoms with Crippen molar-refractivity contribution in [3.63, 3.8) is 0 Å². The third-order valence-electron chi connectivity index (χ3n) is 1.00. The summed E-state index contributed by atoms with van der Waals surface area (Å²) >= 11 is 0. The van der Waals surface area contributed by atoms with Crippen LogP contribution in [0, 0.1) is 0 Å². The number of rotatable bonds is 4. The van der Waals surface area contributed by atoms with Gasteiger partial charge in [0, 0.05) is 12.8 Å². The van der Waals surface area contributed by atoms with E-state index in [2.05, 4.69) is 0 Å². The maximum Gasteiger partial charge on any atom is 0.356 e. The molecule has 0 fully saturated rings. The summed E-state index contributed by atoms with van der Waals surface area (Å²) in [5, 5.41) is 9.76. The fourth-order valence-corrected chi connectivity index (χ4v) is 0.418. The Morgan fingerprint density at radius 2 is 1.78 bits per heavy atom. The molecule has 0 N–H and O–H groups in total. The zero-order valence-electron chi connectivity index (χ0n) is 5.35. The van der Waals surface area contributed by atoms with E-state index in [1.54, 1.807) is 6.92 Å². The van der Waals surface area contributed by atoms with Gasteiger partial charge in [-0.15, -0.1) is 0 Å². The van der Waals surface area contributed by atoms with Gasteiger partial charge in [-0.25, -0.2) is 9.90 Å². The predicted octanol–water partition coefficient (Wildman–Crippen LogP) is 0.703. The normalized spacial score (nSPS) is 9.00. The van der Waals surface area contributed by atoms with Crippen molar-refractivity contribution in [1.29, 1.82) is 0 Å². The van der Waals surface area contributed by atoms with E-state index in [-0.39, 0.29) is 18.6 Å². The molecule has 0 aromatic carbocycles. The van der Waals surface area contributed by atoms with E-state index in [1.807, 2.05) is 0 Å². The molecule has 0 bridgehead atoms. The van der Waals surface area contributed by atoms with Gasteiger partial charge < -0.3 is 0 Å². The third kappa shape index (κ3) is 5.00. The number of hydrogen-bond donors (Lipinski definition) is 0. The average Bonchev–Trinajstić information content (AvgIpc) is 1.83. The molecule has 1 radical (unpaired) electrons. The molecule has 0 saturated heterocycles. The predicted molar refractivity (Wildman–Crippen MR) is 30.2 cm³/mol. The molecule has 0 aromatic heterocycles. The molecule has 0 saturated carbocycles. The van der Waals surface area contributed by atoms with Gasteiger partial charge in [-0.2, -0.15) is 0 Å². The van der Waals surface area contributed by atoms with Crippen LogP contribution in [0.1, 0.15) is 26.2 Å². The van der Waals surface area contributed by atoms with E-state index >= 15 is 0 Å². The van der Waals surface area contributed by atoms with Crippen LogP contribution in [0.25, 0.3) is 0 Å². The van der Waals surface area contributed by atoms with Crippen LogP contribution in [0.15, 0.2) is 0 Å². The Labute approximate surface area is 53.7 Å². The van der Waals surface area contributed by atoms with Gasteiger partial charge in [0.1, 0.15) is 5.78 Å². The molecule has 0 spiro atoms. The molecule has 0 atom stereocenters. The van der Waals surface area contributed by atoms with Gasteiger partial charge in [-0.1, -0.05) is 6.92 Å². The molecule has 0 amide bonds. The minimum atomic E-state index is -1.16. The van der Waals surface area contributed by atoms with Crippen LogP contribution in [-0.2, 0) is 14.7 Å². The van der Waals surface area contributed by atoms with Crippen molar-refractivity contribution in [1.82, 2.24) is 0 Å². The molecule has 3 heteroatoms. The first-order valence-corrected chi connectivity index (χ1v) is 2.88. The van der Waals surface area contributed by atoms with Crippen LogP contribution >= 0.6 is 0 Å². The molecule has 3 nitrogen and oxygen atoms in total. The highest BCUT2D eigenvalue weighted by Crippen LogP contribution is 1.93. The maximum absolute atomic E-state index is 10.4. The summed E-state index contributed by atoms with van der Waals surface area (Å²) in [4.78, 5) is 20.2. The largest absolute Gasteiger partial charge is 0.356 e. The van der Waals surface area contributed by atoms with Gasteiger partial charge in [0.05, 0.1) is 6.42 Å². The molecule has 0 heterocycles. The van der Waals surface area contributed by atoms with E-state index in [0.29, 0.717) is 6.42 Å². The van der Waals surface area contributed by atoms with Gasteiger partial charge in [-0.05, 0) is 0 Å². The lowest BCUT2D eigenvalue weighted by atomic mass is 10.2. The van der Waals surface area contributed by atoms with Gasteiger partial charge in [0.25, 0.3) is 0 Å². The minimum absolute atomic E-state index is 0.0285. The van der Waals surface area contributed by atoms with Gasteiger partial charge >= 0.3 is 5.97 Å². The van der Waals surface area contributed by atoms with E-state index < -0.39 is 5.97 Å². The van der Waals surface area contributed by atoms with E-state index in [9.17, 15) is 14.7 Å². The molecule has 0 aromatic rings. The SMILES string of the molecule is CCC(=O)CCC([O])=O. The zero-order chi connectivity index (χ0) is 7.28. The maximum atomic E-state index is 10.4. The topological polar surface area (TPSA) is 54.0 Å². The minimum Gasteiger partial charge on any atom is -0.300 e. The summed E-state index contributed by atoms with van der Waals surface area (Å²) in [6, 6.07) is 0. The summed E-state index contributed by atoms with van der Waals surface area (Å²) in [6.07, 6.45) is 0.374. The molecular weight excluding hydrogens is 120 g/mol. The Hall–Kier alpha value is -0.860. The van der Waals surface area contributed by atoms with Gasteiger partial charge in [-0.3, -0.25) is 4.79 Å². The quantitative estimate of drug-likeness (QED) is 0.561. The second-order valence-electron chi connectivity index (χ2n) is 1.76. The van der Waals surface area contributed by atoms with Crippen LogP contribution in [0.2, 0.25) is 0 Å². The van der Waals surface area contributed by atoms with Crippen LogP contribution in [0.4, 0.5) is 0 Å². The lowest BCUT2D eigenvalue weighted by molar-refractivity contribution is -0.144. The Morgan fingerprint density at radius 1 is 1.22 bits per heavy atom. The van der Waals surface area contributed by atoms with E-state index in [0.717, 1.165) is 0 Å². The van der Waals surface area contributed by atoms with Crippen molar-refractivity contribution in [2.45, 2.75) is 26.2 Å². The van der Waals surface area contributed by atoms with Gasteiger partial charge in [0.2, 0.25) is 0 Å². The van der Waals surface area contributed by atoms with Crippen molar-refractivity contribution < 1.29 is 14.7 Å². The second-order valence-corrected chi connectivity index (χ2v) is 1.76. The smallest absolute Gasteiger partial charge is 0.300 e. The van der Waals surface area contributed by atoms with Crippen molar-refractivity contribution in [3.8, 4) is 0 Å². The monoisotopic (exact) mass is 129 g/mol. The zero-order valence-corrected chi connectivity index (χ0v) is 5.35. The van der Waals surface area contributed by atoms with E-state index in [4.69, 9.17) is 0 Å². The van der Waals surface area contributed by atoms with Crippen LogP contribution in [-0.4, -0.2) is 11.8 Å². The van der Waals surface area contributed by atoms with Crippen LogP contribution < -0.4 is 0 Å². The Bertz CT molecular complexity index is 117. The molecule has 0 aliphatic rings. The lowest BCUT2D eigenvalue weighted by Crippen LogP contribution is -1.99. The average molecular weight is 129 g/mol. The second kappa shape index (κ2) is 4.06. The van der Waals surface area contributed by atoms with Crippen LogP contribution in [0.3, 0.4) is 0 Å². The summed E-state index contributed by atoms with van der Waals surface area (Å²) in [6.45, 7) is 1.71. The lowest BCUT2D eigenvalue weighted by Gasteiger charge is -1.88. The number of carbonyl (C=O) groups excluding carboxylic acids is 2. The van der Waals surface area contributed by atoms with Gasteiger partial charge in [0.15, 0.2) is 0 Å². The highest BCUT2D eigenvalue weighted by atomic mass is 16.4. The number of hydrogen-bond acceptors (Lipinski definition) is 2. The summed E-state index contributed by atoms with van der Waals surface area (Å²) < 4.78 is 0. The molecule has 0 aliphatic carbocycles. The third-order valence-corrected chi connectivity index (χ3v) is 1.00. The van der Waals surface area contributed by atoms with Crippen molar-refractivity contribution in [3.05, 3.63) is 0 Å². The fourth-order valence-electron chi connectivity index (χ4n) is 0.418. The first-order valence-electron chi connectivity index (χ1n) is 2.88. The summed E-state index contributed by atoms with van der Waals surface area (Å²) in [7, 11) is 0. The Balaban J connectivity index is 3.28. The highest BCUT2D eigenvalue weighted by molar-refractivity contribution is 5.81. The first kappa shape index (κ1) is 8.14.